The molecular formula is C21H24N2. The fraction of sp³-hybridized carbons (Fsp3) is 0.238. The van der Waals surface area contributed by atoms with Crippen LogP contribution in [0.2, 0.25) is 0 Å². The second-order valence-corrected chi connectivity index (χ2v) is 6.49. The third kappa shape index (κ3) is 3.84. The summed E-state index contributed by atoms with van der Waals surface area (Å²) in [6.45, 7) is 0. The lowest BCUT2D eigenvalue weighted by atomic mass is 10.1. The van der Waals surface area contributed by atoms with Crippen LogP contribution in [0, 0.1) is 0 Å². The van der Waals surface area contributed by atoms with Crippen LogP contribution in [0.15, 0.2) is 59.7 Å². The summed E-state index contributed by atoms with van der Waals surface area (Å²) in [4.78, 5) is 4.24. The van der Waals surface area contributed by atoms with Gasteiger partial charge in [0.1, 0.15) is 0 Å². The van der Waals surface area contributed by atoms with Crippen LogP contribution in [0.5, 0.6) is 0 Å². The minimum atomic E-state index is 1.10. The molecule has 0 saturated heterocycles. The molecule has 0 amide bonds. The van der Waals surface area contributed by atoms with E-state index in [-0.39, 0.29) is 0 Å². The van der Waals surface area contributed by atoms with Crippen LogP contribution >= 0.6 is 0 Å². The van der Waals surface area contributed by atoms with Gasteiger partial charge < -0.3 is 9.80 Å². The first-order valence-electron chi connectivity index (χ1n) is 7.99. The molecular weight excluding hydrogens is 280 g/mol. The van der Waals surface area contributed by atoms with Crippen LogP contribution in [0.25, 0.3) is 12.2 Å². The van der Waals surface area contributed by atoms with E-state index >= 15 is 0 Å². The summed E-state index contributed by atoms with van der Waals surface area (Å²) in [5.74, 6) is 0. The number of rotatable bonds is 4. The van der Waals surface area contributed by atoms with Crippen molar-refractivity contribution in [1.82, 2.24) is 0 Å². The molecule has 0 aromatic heterocycles. The summed E-state index contributed by atoms with van der Waals surface area (Å²) < 4.78 is 0. The molecule has 1 saturated carbocycles. The topological polar surface area (TPSA) is 6.48 Å². The third-order valence-corrected chi connectivity index (χ3v) is 4.17. The summed E-state index contributed by atoms with van der Waals surface area (Å²) in [6, 6.07) is 17.4. The minimum Gasteiger partial charge on any atom is -0.378 e. The Balaban J connectivity index is 1.70. The van der Waals surface area contributed by atoms with Crippen molar-refractivity contribution < 1.29 is 0 Å². The molecule has 2 aromatic rings. The van der Waals surface area contributed by atoms with Gasteiger partial charge in [0.25, 0.3) is 0 Å². The normalized spacial score (nSPS) is 16.7. The average molecular weight is 304 g/mol. The Morgan fingerprint density at radius 2 is 0.957 bits per heavy atom. The number of hydrogen-bond donors (Lipinski definition) is 0. The second-order valence-electron chi connectivity index (χ2n) is 6.49. The highest BCUT2D eigenvalue weighted by molar-refractivity contribution is 5.76. The van der Waals surface area contributed by atoms with Crippen molar-refractivity contribution in [3.8, 4) is 0 Å². The average Bonchev–Trinajstić information content (AvgIpc) is 3.25. The molecule has 0 bridgehead atoms. The van der Waals surface area contributed by atoms with Gasteiger partial charge in [-0.05, 0) is 53.0 Å². The highest BCUT2D eigenvalue weighted by Crippen LogP contribution is 2.40. The summed E-state index contributed by atoms with van der Waals surface area (Å²) >= 11 is 0. The largest absolute Gasteiger partial charge is 0.378 e. The Labute approximate surface area is 139 Å². The van der Waals surface area contributed by atoms with Crippen molar-refractivity contribution in [2.75, 3.05) is 38.0 Å². The zero-order chi connectivity index (χ0) is 16.4. The maximum atomic E-state index is 2.29. The van der Waals surface area contributed by atoms with Crippen LogP contribution in [0.1, 0.15) is 17.5 Å². The maximum absolute atomic E-state index is 2.29. The Hall–Kier alpha value is -2.48. The monoisotopic (exact) mass is 304 g/mol. The second kappa shape index (κ2) is 6.33. The van der Waals surface area contributed by atoms with Gasteiger partial charge in [0, 0.05) is 39.6 Å². The summed E-state index contributed by atoms with van der Waals surface area (Å²) in [5, 5.41) is 0. The van der Waals surface area contributed by atoms with Gasteiger partial charge in [-0.15, -0.1) is 0 Å². The molecule has 3 rings (SSSR count). The highest BCUT2D eigenvalue weighted by atomic mass is 15.1. The molecule has 0 atom stereocenters. The van der Waals surface area contributed by atoms with E-state index in [0.717, 1.165) is 6.42 Å². The molecule has 1 aliphatic carbocycles. The predicted molar refractivity (Wildman–Crippen MR) is 102 cm³/mol. The predicted octanol–water partition coefficient (Wildman–Crippen LogP) is 4.69. The van der Waals surface area contributed by atoms with Crippen LogP contribution < -0.4 is 9.80 Å². The van der Waals surface area contributed by atoms with Gasteiger partial charge in [-0.1, -0.05) is 36.4 Å². The van der Waals surface area contributed by atoms with E-state index in [2.05, 4.69) is 98.7 Å². The zero-order valence-electron chi connectivity index (χ0n) is 14.4. The van der Waals surface area contributed by atoms with Crippen molar-refractivity contribution in [1.29, 1.82) is 0 Å². The van der Waals surface area contributed by atoms with E-state index in [1.54, 1.807) is 0 Å². The first-order chi connectivity index (χ1) is 11.0. The molecule has 0 unspecified atom stereocenters. The Morgan fingerprint density at radius 1 is 0.609 bits per heavy atom. The summed E-state index contributed by atoms with van der Waals surface area (Å²) in [7, 11) is 8.26. The fourth-order valence-electron chi connectivity index (χ4n) is 2.59. The van der Waals surface area contributed by atoms with E-state index in [9.17, 15) is 0 Å². The van der Waals surface area contributed by atoms with E-state index in [4.69, 9.17) is 0 Å². The Bertz CT molecular complexity index is 667. The molecule has 118 valence electrons. The molecule has 0 radical (unpaired) electrons. The van der Waals surface area contributed by atoms with E-state index in [0.29, 0.717) is 0 Å². The molecule has 1 aliphatic rings. The lowest BCUT2D eigenvalue weighted by molar-refractivity contribution is 1.13. The molecule has 0 N–H and O–H groups in total. The standard InChI is InChI=1S/C21H24N2/c1-22(2)20-9-5-16(6-10-20)13-18-15-19(18)14-17-7-11-21(12-8-17)23(3)4/h5-14H,15H2,1-4H3. The lowest BCUT2D eigenvalue weighted by Crippen LogP contribution is -2.07. The van der Waals surface area contributed by atoms with Crippen molar-refractivity contribution >= 4 is 23.5 Å². The Morgan fingerprint density at radius 3 is 1.26 bits per heavy atom. The number of hydrogen-bond acceptors (Lipinski definition) is 2. The fourth-order valence-corrected chi connectivity index (χ4v) is 2.59. The maximum Gasteiger partial charge on any atom is 0.0361 e. The number of nitrogens with zero attached hydrogens (tertiary/aromatic N) is 2. The number of allylic oxidation sites excluding steroid dienone is 2. The van der Waals surface area contributed by atoms with Crippen molar-refractivity contribution in [2.24, 2.45) is 0 Å². The molecule has 2 heteroatoms. The smallest absolute Gasteiger partial charge is 0.0361 e. The first-order valence-corrected chi connectivity index (χ1v) is 7.99. The molecule has 1 fully saturated rings. The highest BCUT2D eigenvalue weighted by Gasteiger charge is 2.20. The SMILES string of the molecule is CN(C)c1ccc(C=C2CC2=Cc2ccc(N(C)C)cc2)cc1. The van der Waals surface area contributed by atoms with E-state index < -0.39 is 0 Å². The molecule has 2 nitrogen and oxygen atoms in total. The number of benzene rings is 2. The van der Waals surface area contributed by atoms with Gasteiger partial charge >= 0.3 is 0 Å². The summed E-state index contributed by atoms with van der Waals surface area (Å²) in [5.41, 5.74) is 7.91. The van der Waals surface area contributed by atoms with Crippen molar-refractivity contribution in [3.63, 3.8) is 0 Å². The first kappa shape index (κ1) is 15.4. The van der Waals surface area contributed by atoms with Gasteiger partial charge in [-0.2, -0.15) is 0 Å². The van der Waals surface area contributed by atoms with Gasteiger partial charge in [0.05, 0.1) is 0 Å². The van der Waals surface area contributed by atoms with Crippen molar-refractivity contribution in [3.05, 3.63) is 70.8 Å². The van der Waals surface area contributed by atoms with Crippen LogP contribution in [0.4, 0.5) is 11.4 Å². The van der Waals surface area contributed by atoms with Crippen LogP contribution in [0.3, 0.4) is 0 Å². The zero-order valence-corrected chi connectivity index (χ0v) is 14.4. The number of anilines is 2. The molecule has 0 spiro atoms. The lowest BCUT2D eigenvalue weighted by Gasteiger charge is -2.11. The Kier molecular flexibility index (Phi) is 4.24. The molecule has 0 heterocycles. The minimum absolute atomic E-state index is 1.10. The van der Waals surface area contributed by atoms with E-state index in [1.807, 2.05) is 0 Å². The van der Waals surface area contributed by atoms with Crippen LogP contribution in [-0.2, 0) is 0 Å². The quantitative estimate of drug-likeness (QED) is 0.808. The van der Waals surface area contributed by atoms with Gasteiger partial charge in [-0.3, -0.25) is 0 Å². The van der Waals surface area contributed by atoms with Crippen LogP contribution in [-0.4, -0.2) is 28.2 Å². The van der Waals surface area contributed by atoms with Gasteiger partial charge in [-0.25, -0.2) is 0 Å². The van der Waals surface area contributed by atoms with Gasteiger partial charge in [0.15, 0.2) is 0 Å². The third-order valence-electron chi connectivity index (χ3n) is 4.17. The summed E-state index contributed by atoms with van der Waals surface area (Å²) in [6.07, 6.45) is 5.68. The molecule has 2 aromatic carbocycles. The van der Waals surface area contributed by atoms with Crippen molar-refractivity contribution in [2.45, 2.75) is 6.42 Å². The van der Waals surface area contributed by atoms with E-state index in [1.165, 1.54) is 33.6 Å². The molecule has 0 aliphatic heterocycles. The van der Waals surface area contributed by atoms with Gasteiger partial charge in [0.2, 0.25) is 0 Å². The molecule has 23 heavy (non-hydrogen) atoms.